The van der Waals surface area contributed by atoms with Gasteiger partial charge in [-0.25, -0.2) is 14.3 Å². The summed E-state index contributed by atoms with van der Waals surface area (Å²) in [6.07, 6.45) is 9.25. The maximum absolute atomic E-state index is 11.7. The number of rotatable bonds is 4. The zero-order valence-electron chi connectivity index (χ0n) is 15.0. The highest BCUT2D eigenvalue weighted by Gasteiger charge is 2.11. The molecule has 3 heterocycles. The molecular weight excluding hydrogens is 342 g/mol. The molecule has 0 aliphatic carbocycles. The van der Waals surface area contributed by atoms with Gasteiger partial charge >= 0.3 is 6.03 Å². The molecule has 8 heteroatoms. The quantitative estimate of drug-likeness (QED) is 0.585. The third-order valence-electron chi connectivity index (χ3n) is 4.16. The Morgan fingerprint density at radius 1 is 1.07 bits per heavy atom. The largest absolute Gasteiger partial charge is 0.338 e. The van der Waals surface area contributed by atoms with Crippen molar-refractivity contribution in [3.63, 3.8) is 0 Å². The summed E-state index contributed by atoms with van der Waals surface area (Å²) in [6, 6.07) is 7.39. The average Bonchev–Trinajstić information content (AvgIpc) is 3.27. The Labute approximate surface area is 155 Å². The Morgan fingerprint density at radius 2 is 1.93 bits per heavy atom. The Bertz CT molecular complexity index is 1110. The van der Waals surface area contributed by atoms with Crippen molar-refractivity contribution in [3.8, 4) is 22.3 Å². The number of benzene rings is 1. The summed E-state index contributed by atoms with van der Waals surface area (Å²) in [5, 5.41) is 14.2. The molecule has 0 bridgehead atoms. The van der Waals surface area contributed by atoms with Crippen LogP contribution in [0.3, 0.4) is 0 Å². The van der Waals surface area contributed by atoms with Gasteiger partial charge in [0.25, 0.3) is 0 Å². The number of carbonyl (C=O) groups excluding carboxylic acids is 1. The summed E-state index contributed by atoms with van der Waals surface area (Å²) in [7, 11) is 1.88. The molecule has 0 saturated heterocycles. The molecule has 0 spiro atoms. The lowest BCUT2D eigenvalue weighted by Crippen LogP contribution is -2.28. The van der Waals surface area contributed by atoms with Gasteiger partial charge in [0.05, 0.1) is 12.4 Å². The summed E-state index contributed by atoms with van der Waals surface area (Å²) >= 11 is 0. The predicted octanol–water partition coefficient (Wildman–Crippen LogP) is 2.94. The number of hydrogen-bond donors (Lipinski definition) is 2. The lowest BCUT2D eigenvalue weighted by Gasteiger charge is -2.07. The third kappa shape index (κ3) is 3.37. The van der Waals surface area contributed by atoms with E-state index in [-0.39, 0.29) is 6.03 Å². The number of amides is 2. The van der Waals surface area contributed by atoms with Crippen LogP contribution in [0.5, 0.6) is 0 Å². The van der Waals surface area contributed by atoms with Crippen LogP contribution in [0, 0.1) is 0 Å². The molecule has 4 aromatic rings. The highest BCUT2D eigenvalue weighted by Crippen LogP contribution is 2.27. The first kappa shape index (κ1) is 16.8. The van der Waals surface area contributed by atoms with E-state index in [9.17, 15) is 4.79 Å². The molecule has 8 nitrogen and oxygen atoms in total. The van der Waals surface area contributed by atoms with E-state index < -0.39 is 0 Å². The monoisotopic (exact) mass is 361 g/mol. The number of fused-ring (bicyclic) bond motifs is 1. The maximum atomic E-state index is 11.7. The van der Waals surface area contributed by atoms with Crippen LogP contribution in [-0.2, 0) is 7.05 Å². The first-order chi connectivity index (χ1) is 13.1. The molecule has 27 heavy (non-hydrogen) atoms. The topological polar surface area (TPSA) is 89.1 Å². The van der Waals surface area contributed by atoms with Crippen LogP contribution >= 0.6 is 0 Å². The van der Waals surface area contributed by atoms with E-state index in [4.69, 9.17) is 0 Å². The molecule has 0 radical (unpaired) electrons. The normalized spacial score (nSPS) is 10.9. The SMILES string of the molecule is CCNC(=O)Nc1cccc(-c2cnn3cc(-c4cnn(C)c4)cnc23)c1. The minimum atomic E-state index is -0.228. The van der Waals surface area contributed by atoms with E-state index in [1.54, 1.807) is 21.6 Å². The third-order valence-corrected chi connectivity index (χ3v) is 4.16. The Kier molecular flexibility index (Phi) is 4.29. The number of carbonyl (C=O) groups is 1. The highest BCUT2D eigenvalue weighted by atomic mass is 16.2. The van der Waals surface area contributed by atoms with Crippen molar-refractivity contribution in [1.82, 2.24) is 29.7 Å². The van der Waals surface area contributed by atoms with Crippen molar-refractivity contribution in [2.24, 2.45) is 7.05 Å². The summed E-state index contributed by atoms with van der Waals surface area (Å²) < 4.78 is 3.50. The Balaban J connectivity index is 1.67. The summed E-state index contributed by atoms with van der Waals surface area (Å²) in [6.45, 7) is 2.45. The van der Waals surface area contributed by atoms with Crippen LogP contribution in [0.2, 0.25) is 0 Å². The van der Waals surface area contributed by atoms with E-state index in [0.717, 1.165) is 27.9 Å². The Hall–Kier alpha value is -3.68. The zero-order valence-corrected chi connectivity index (χ0v) is 15.0. The number of aromatic nitrogens is 5. The van der Waals surface area contributed by atoms with Crippen LogP contribution < -0.4 is 10.6 Å². The molecule has 3 aromatic heterocycles. The second kappa shape index (κ2) is 6.91. The smallest absolute Gasteiger partial charge is 0.319 e. The predicted molar refractivity (Wildman–Crippen MR) is 103 cm³/mol. The number of urea groups is 1. The van der Waals surface area contributed by atoms with Crippen molar-refractivity contribution < 1.29 is 4.79 Å². The van der Waals surface area contributed by atoms with Gasteiger partial charge in [-0.1, -0.05) is 12.1 Å². The van der Waals surface area contributed by atoms with Crippen molar-refractivity contribution in [2.75, 3.05) is 11.9 Å². The fourth-order valence-corrected chi connectivity index (χ4v) is 2.90. The fraction of sp³-hybridized carbons (Fsp3) is 0.158. The van der Waals surface area contributed by atoms with Crippen LogP contribution in [0.1, 0.15) is 6.92 Å². The van der Waals surface area contributed by atoms with Gasteiger partial charge in [0, 0.05) is 54.6 Å². The molecule has 2 N–H and O–H groups in total. The van der Waals surface area contributed by atoms with Gasteiger partial charge in [-0.3, -0.25) is 4.68 Å². The molecule has 0 atom stereocenters. The molecule has 0 fully saturated rings. The van der Waals surface area contributed by atoms with Crippen LogP contribution in [0.15, 0.2) is 55.2 Å². The van der Waals surface area contributed by atoms with Gasteiger partial charge in [-0.15, -0.1) is 0 Å². The second-order valence-electron chi connectivity index (χ2n) is 6.14. The summed E-state index contributed by atoms with van der Waals surface area (Å²) in [5.74, 6) is 0. The van der Waals surface area contributed by atoms with E-state index in [0.29, 0.717) is 12.2 Å². The highest BCUT2D eigenvalue weighted by molar-refractivity contribution is 5.90. The van der Waals surface area contributed by atoms with Crippen molar-refractivity contribution >= 4 is 17.4 Å². The van der Waals surface area contributed by atoms with Crippen molar-refractivity contribution in [2.45, 2.75) is 6.92 Å². The standard InChI is InChI=1S/C19H19N7O/c1-3-20-19(27)24-16-6-4-5-13(7-16)17-10-23-26-12-14(8-21-18(17)26)15-9-22-25(2)11-15/h4-12H,3H2,1-2H3,(H2,20,24,27). The molecule has 1 aromatic carbocycles. The molecular formula is C19H19N7O. The van der Waals surface area contributed by atoms with Crippen LogP contribution in [0.25, 0.3) is 27.9 Å². The minimum Gasteiger partial charge on any atom is -0.338 e. The molecule has 0 aliphatic rings. The molecule has 0 saturated carbocycles. The first-order valence-corrected chi connectivity index (χ1v) is 8.61. The van der Waals surface area contributed by atoms with Crippen LogP contribution in [0.4, 0.5) is 10.5 Å². The maximum Gasteiger partial charge on any atom is 0.319 e. The lowest BCUT2D eigenvalue weighted by atomic mass is 10.1. The van der Waals surface area contributed by atoms with E-state index in [2.05, 4.69) is 25.8 Å². The van der Waals surface area contributed by atoms with E-state index >= 15 is 0 Å². The van der Waals surface area contributed by atoms with Gasteiger partial charge in [0.1, 0.15) is 0 Å². The van der Waals surface area contributed by atoms with E-state index in [1.165, 1.54) is 0 Å². The van der Waals surface area contributed by atoms with Crippen LogP contribution in [-0.4, -0.2) is 37.0 Å². The number of aryl methyl sites for hydroxylation is 1. The molecule has 0 unspecified atom stereocenters. The van der Waals surface area contributed by atoms with Gasteiger partial charge in [-0.05, 0) is 24.6 Å². The number of hydrogen-bond acceptors (Lipinski definition) is 4. The first-order valence-electron chi connectivity index (χ1n) is 8.61. The summed E-state index contributed by atoms with van der Waals surface area (Å²) in [4.78, 5) is 16.3. The number of nitrogens with zero attached hydrogens (tertiary/aromatic N) is 5. The lowest BCUT2D eigenvalue weighted by molar-refractivity contribution is 0.252. The van der Waals surface area contributed by atoms with Gasteiger partial charge < -0.3 is 10.6 Å². The summed E-state index contributed by atoms with van der Waals surface area (Å²) in [5.41, 5.74) is 5.21. The number of nitrogens with one attached hydrogen (secondary N) is 2. The Morgan fingerprint density at radius 3 is 2.70 bits per heavy atom. The second-order valence-corrected chi connectivity index (χ2v) is 6.14. The minimum absolute atomic E-state index is 0.228. The fourth-order valence-electron chi connectivity index (χ4n) is 2.90. The van der Waals surface area contributed by atoms with Crippen molar-refractivity contribution in [3.05, 3.63) is 55.2 Å². The van der Waals surface area contributed by atoms with Gasteiger partial charge in [0.15, 0.2) is 5.65 Å². The van der Waals surface area contributed by atoms with Crippen molar-refractivity contribution in [1.29, 1.82) is 0 Å². The molecule has 4 rings (SSSR count). The zero-order chi connectivity index (χ0) is 18.8. The van der Waals surface area contributed by atoms with E-state index in [1.807, 2.05) is 56.8 Å². The molecule has 0 aliphatic heterocycles. The van der Waals surface area contributed by atoms with Gasteiger partial charge in [0.2, 0.25) is 0 Å². The number of anilines is 1. The average molecular weight is 361 g/mol. The molecule has 2 amide bonds. The molecule has 136 valence electrons. The van der Waals surface area contributed by atoms with Gasteiger partial charge in [-0.2, -0.15) is 10.2 Å².